The van der Waals surface area contributed by atoms with Crippen LogP contribution in [0.4, 0.5) is 10.3 Å². The van der Waals surface area contributed by atoms with E-state index < -0.39 is 0 Å². The number of halogens is 1. The molecule has 2 heterocycles. The first kappa shape index (κ1) is 16.4. The quantitative estimate of drug-likeness (QED) is 0.916. The van der Waals surface area contributed by atoms with Gasteiger partial charge in [-0.25, -0.2) is 14.4 Å². The van der Waals surface area contributed by atoms with Gasteiger partial charge in [0.15, 0.2) is 0 Å². The second kappa shape index (κ2) is 7.86. The Morgan fingerprint density at radius 2 is 1.96 bits per heavy atom. The molecule has 0 saturated carbocycles. The van der Waals surface area contributed by atoms with Crippen LogP contribution in [0.15, 0.2) is 36.5 Å². The first-order chi connectivity index (χ1) is 11.7. The molecule has 2 aromatic rings. The van der Waals surface area contributed by atoms with Crippen LogP contribution in [0.25, 0.3) is 0 Å². The summed E-state index contributed by atoms with van der Waals surface area (Å²) < 4.78 is 13.6. The number of carbonyl (C=O) groups is 1. The molecular weight excluding hydrogens is 307 g/mol. The molecule has 6 heteroatoms. The first-order valence-electron chi connectivity index (χ1n) is 8.29. The largest absolute Gasteiger partial charge is 0.350 e. The summed E-state index contributed by atoms with van der Waals surface area (Å²) in [6.07, 6.45) is 5.31. The Hall–Kier alpha value is -2.50. The Labute approximate surface area is 140 Å². The standard InChI is InChI=1S/C18H21FN4O/c19-16-7-3-2-6-14(16)12-17(24)21-13-15-8-9-20-18(22-15)23-10-4-1-5-11-23/h2-3,6-9H,1,4-5,10-13H2,(H,21,24). The van der Waals surface area contributed by atoms with E-state index in [1.165, 1.54) is 12.5 Å². The van der Waals surface area contributed by atoms with Crippen LogP contribution in [-0.2, 0) is 17.8 Å². The predicted molar refractivity (Wildman–Crippen MR) is 90.0 cm³/mol. The topological polar surface area (TPSA) is 58.1 Å². The number of amides is 1. The van der Waals surface area contributed by atoms with Gasteiger partial charge in [0, 0.05) is 19.3 Å². The molecule has 1 saturated heterocycles. The molecule has 1 aromatic heterocycles. The number of anilines is 1. The third-order valence-corrected chi connectivity index (χ3v) is 4.11. The maximum atomic E-state index is 13.6. The molecule has 1 aliphatic heterocycles. The van der Waals surface area contributed by atoms with Gasteiger partial charge in [-0.3, -0.25) is 4.79 Å². The molecule has 0 atom stereocenters. The molecule has 3 rings (SSSR count). The summed E-state index contributed by atoms with van der Waals surface area (Å²) in [6.45, 7) is 2.27. The molecule has 0 spiro atoms. The van der Waals surface area contributed by atoms with Gasteiger partial charge < -0.3 is 10.2 Å². The fourth-order valence-corrected chi connectivity index (χ4v) is 2.80. The normalized spacial score (nSPS) is 14.5. The lowest BCUT2D eigenvalue weighted by atomic mass is 10.1. The number of carbonyl (C=O) groups excluding carboxylic acids is 1. The Balaban J connectivity index is 1.56. The van der Waals surface area contributed by atoms with Gasteiger partial charge in [-0.1, -0.05) is 18.2 Å². The molecule has 1 aromatic carbocycles. The van der Waals surface area contributed by atoms with Crippen LogP contribution in [0, 0.1) is 5.82 Å². The molecule has 24 heavy (non-hydrogen) atoms. The Morgan fingerprint density at radius 3 is 2.75 bits per heavy atom. The van der Waals surface area contributed by atoms with Crippen LogP contribution < -0.4 is 10.2 Å². The van der Waals surface area contributed by atoms with Crippen LogP contribution >= 0.6 is 0 Å². The number of hydrogen-bond acceptors (Lipinski definition) is 4. The minimum absolute atomic E-state index is 0.0245. The highest BCUT2D eigenvalue weighted by atomic mass is 19.1. The Bertz CT molecular complexity index is 701. The van der Waals surface area contributed by atoms with Crippen molar-refractivity contribution in [2.45, 2.75) is 32.2 Å². The van der Waals surface area contributed by atoms with Crippen LogP contribution in [0.1, 0.15) is 30.5 Å². The fourth-order valence-electron chi connectivity index (χ4n) is 2.80. The minimum Gasteiger partial charge on any atom is -0.350 e. The van der Waals surface area contributed by atoms with E-state index in [1.54, 1.807) is 30.5 Å². The monoisotopic (exact) mass is 328 g/mol. The van der Waals surface area contributed by atoms with Gasteiger partial charge >= 0.3 is 0 Å². The summed E-state index contributed by atoms with van der Waals surface area (Å²) in [4.78, 5) is 23.0. The zero-order valence-electron chi connectivity index (χ0n) is 13.5. The minimum atomic E-state index is -0.359. The molecule has 1 aliphatic rings. The molecule has 1 N–H and O–H groups in total. The zero-order chi connectivity index (χ0) is 16.8. The van der Waals surface area contributed by atoms with Gasteiger partial charge in [0.05, 0.1) is 18.7 Å². The van der Waals surface area contributed by atoms with Crippen LogP contribution in [0.2, 0.25) is 0 Å². The van der Waals surface area contributed by atoms with Crippen molar-refractivity contribution in [2.24, 2.45) is 0 Å². The van der Waals surface area contributed by atoms with E-state index in [0.29, 0.717) is 12.1 Å². The van der Waals surface area contributed by atoms with Crippen LogP contribution in [-0.4, -0.2) is 29.0 Å². The van der Waals surface area contributed by atoms with Gasteiger partial charge in [-0.15, -0.1) is 0 Å². The van der Waals surface area contributed by atoms with Gasteiger partial charge in [0.2, 0.25) is 11.9 Å². The maximum Gasteiger partial charge on any atom is 0.225 e. The lowest BCUT2D eigenvalue weighted by molar-refractivity contribution is -0.120. The van der Waals surface area contributed by atoms with Crippen molar-refractivity contribution in [3.63, 3.8) is 0 Å². The number of nitrogens with zero attached hydrogens (tertiary/aromatic N) is 3. The maximum absolute atomic E-state index is 13.6. The van der Waals surface area contributed by atoms with Gasteiger partial charge in [0.25, 0.3) is 0 Å². The van der Waals surface area contributed by atoms with Crippen molar-refractivity contribution >= 4 is 11.9 Å². The second-order valence-electron chi connectivity index (χ2n) is 5.94. The summed E-state index contributed by atoms with van der Waals surface area (Å²) >= 11 is 0. The number of benzene rings is 1. The second-order valence-corrected chi connectivity index (χ2v) is 5.94. The first-order valence-corrected chi connectivity index (χ1v) is 8.29. The zero-order valence-corrected chi connectivity index (χ0v) is 13.5. The molecule has 0 bridgehead atoms. The van der Waals surface area contributed by atoms with Crippen LogP contribution in [0.5, 0.6) is 0 Å². The third kappa shape index (κ3) is 4.28. The van der Waals surface area contributed by atoms with Crippen LogP contribution in [0.3, 0.4) is 0 Å². The smallest absolute Gasteiger partial charge is 0.225 e. The van der Waals surface area contributed by atoms with Crippen molar-refractivity contribution < 1.29 is 9.18 Å². The lowest BCUT2D eigenvalue weighted by Crippen LogP contribution is -2.31. The highest BCUT2D eigenvalue weighted by Gasteiger charge is 2.14. The van der Waals surface area contributed by atoms with Gasteiger partial charge in [-0.05, 0) is 37.0 Å². The van der Waals surface area contributed by atoms with Crippen molar-refractivity contribution in [1.29, 1.82) is 0 Å². The SMILES string of the molecule is O=C(Cc1ccccc1F)NCc1ccnc(N2CCCCC2)n1. The number of piperidine rings is 1. The molecule has 1 fully saturated rings. The summed E-state index contributed by atoms with van der Waals surface area (Å²) in [5.41, 5.74) is 1.15. The summed E-state index contributed by atoms with van der Waals surface area (Å²) in [7, 11) is 0. The van der Waals surface area contributed by atoms with Crippen molar-refractivity contribution in [2.75, 3.05) is 18.0 Å². The van der Waals surface area contributed by atoms with E-state index in [1.807, 2.05) is 0 Å². The van der Waals surface area contributed by atoms with Gasteiger partial charge in [0.1, 0.15) is 5.82 Å². The van der Waals surface area contributed by atoms with E-state index in [-0.39, 0.29) is 18.1 Å². The Kier molecular flexibility index (Phi) is 5.36. The summed E-state index contributed by atoms with van der Waals surface area (Å²) in [5, 5.41) is 2.79. The van der Waals surface area contributed by atoms with E-state index in [0.717, 1.165) is 37.6 Å². The predicted octanol–water partition coefficient (Wildman–Crippen LogP) is 2.46. The van der Waals surface area contributed by atoms with E-state index in [2.05, 4.69) is 20.2 Å². The van der Waals surface area contributed by atoms with Gasteiger partial charge in [-0.2, -0.15) is 0 Å². The average molecular weight is 328 g/mol. The Morgan fingerprint density at radius 1 is 1.17 bits per heavy atom. The number of hydrogen-bond donors (Lipinski definition) is 1. The molecule has 0 aliphatic carbocycles. The van der Waals surface area contributed by atoms with Crippen molar-refractivity contribution in [3.8, 4) is 0 Å². The number of nitrogens with one attached hydrogen (secondary N) is 1. The molecular formula is C18H21FN4O. The fraction of sp³-hybridized carbons (Fsp3) is 0.389. The third-order valence-electron chi connectivity index (χ3n) is 4.11. The van der Waals surface area contributed by atoms with E-state index in [9.17, 15) is 9.18 Å². The molecule has 0 unspecified atom stereocenters. The highest BCUT2D eigenvalue weighted by molar-refractivity contribution is 5.78. The van der Waals surface area contributed by atoms with Crippen molar-refractivity contribution in [3.05, 3.63) is 53.6 Å². The number of aromatic nitrogens is 2. The van der Waals surface area contributed by atoms with E-state index in [4.69, 9.17) is 0 Å². The van der Waals surface area contributed by atoms with Crippen molar-refractivity contribution in [1.82, 2.24) is 15.3 Å². The summed E-state index contributed by atoms with van der Waals surface area (Å²) in [6, 6.07) is 8.10. The molecule has 5 nitrogen and oxygen atoms in total. The highest BCUT2D eigenvalue weighted by Crippen LogP contribution is 2.15. The molecule has 1 amide bonds. The molecule has 0 radical (unpaired) electrons. The average Bonchev–Trinajstić information content (AvgIpc) is 2.63. The molecule has 126 valence electrons. The number of rotatable bonds is 5. The lowest BCUT2D eigenvalue weighted by Gasteiger charge is -2.26. The van der Waals surface area contributed by atoms with E-state index >= 15 is 0 Å². The summed E-state index contributed by atoms with van der Waals surface area (Å²) in [5.74, 6) is 0.135.